The smallest absolute Gasteiger partial charge is 0.123 e. The van der Waals surface area contributed by atoms with Crippen LogP contribution in [0.5, 0.6) is 0 Å². The molecular formula is C31H30F2P2. The highest BCUT2D eigenvalue weighted by Gasteiger charge is 2.41. The normalized spacial score (nSPS) is 18.8. The van der Waals surface area contributed by atoms with Gasteiger partial charge in [0.25, 0.3) is 0 Å². The summed E-state index contributed by atoms with van der Waals surface area (Å²) in [5.74, 6) is 0.111. The second kappa shape index (κ2) is 11.1. The molecule has 0 N–H and O–H groups in total. The summed E-state index contributed by atoms with van der Waals surface area (Å²) in [6.07, 6.45) is 3.65. The maximum absolute atomic E-state index is 13.8. The van der Waals surface area contributed by atoms with Gasteiger partial charge >= 0.3 is 0 Å². The Morgan fingerprint density at radius 3 is 1.51 bits per heavy atom. The molecule has 4 aromatic carbocycles. The van der Waals surface area contributed by atoms with Crippen molar-refractivity contribution in [2.45, 2.75) is 37.5 Å². The summed E-state index contributed by atoms with van der Waals surface area (Å²) in [5, 5.41) is 5.20. The van der Waals surface area contributed by atoms with E-state index in [0.717, 1.165) is 10.6 Å². The summed E-state index contributed by atoms with van der Waals surface area (Å²) >= 11 is 0. The van der Waals surface area contributed by atoms with Crippen LogP contribution in [0.4, 0.5) is 8.78 Å². The van der Waals surface area contributed by atoms with E-state index in [4.69, 9.17) is 0 Å². The predicted octanol–water partition coefficient (Wildman–Crippen LogP) is 7.09. The topological polar surface area (TPSA) is 0 Å². The van der Waals surface area contributed by atoms with Gasteiger partial charge in [-0.3, -0.25) is 0 Å². The van der Waals surface area contributed by atoms with Gasteiger partial charge in [0.05, 0.1) is 0 Å². The molecule has 0 aromatic heterocycles. The van der Waals surface area contributed by atoms with E-state index in [-0.39, 0.29) is 11.6 Å². The molecule has 3 atom stereocenters. The van der Waals surface area contributed by atoms with Gasteiger partial charge in [-0.1, -0.05) is 98.3 Å². The maximum Gasteiger partial charge on any atom is 0.123 e. The Labute approximate surface area is 209 Å². The van der Waals surface area contributed by atoms with E-state index in [1.54, 1.807) is 24.3 Å². The molecule has 0 saturated heterocycles. The van der Waals surface area contributed by atoms with E-state index < -0.39 is 15.8 Å². The second-order valence-corrected chi connectivity index (χ2v) is 14.3. The highest BCUT2D eigenvalue weighted by molar-refractivity contribution is 7.74. The monoisotopic (exact) mass is 502 g/mol. The van der Waals surface area contributed by atoms with Crippen LogP contribution in [-0.4, -0.2) is 11.3 Å². The molecule has 4 aromatic rings. The van der Waals surface area contributed by atoms with E-state index in [1.165, 1.54) is 29.9 Å². The van der Waals surface area contributed by atoms with Gasteiger partial charge in [-0.25, -0.2) is 8.78 Å². The first-order valence-electron chi connectivity index (χ1n) is 12.3. The van der Waals surface area contributed by atoms with Crippen molar-refractivity contribution < 1.29 is 8.78 Å². The molecule has 0 amide bonds. The molecular weight excluding hydrogens is 472 g/mol. The van der Waals surface area contributed by atoms with Crippen molar-refractivity contribution >= 4 is 37.1 Å². The molecule has 4 heteroatoms. The van der Waals surface area contributed by atoms with Crippen LogP contribution < -0.4 is 21.2 Å². The SMILES string of the molecule is CC(C1CCCC1P(c1ccccc1)c1ccccc1)P(c1ccc(F)cc1)c1ccc(F)cc1. The molecule has 0 spiro atoms. The standard InChI is InChI=1S/C31H30F2P2/c1-23(34(28-19-15-24(32)16-20-28)29-21-17-25(33)18-22-29)30-13-8-14-31(30)35(26-9-4-2-5-10-26)27-11-6-3-7-12-27/h2-7,9-12,15-23,30-31H,8,13-14H2,1H3. The molecule has 0 heterocycles. The van der Waals surface area contributed by atoms with Crippen molar-refractivity contribution in [3.63, 3.8) is 0 Å². The first kappa shape index (κ1) is 24.3. The zero-order valence-corrected chi connectivity index (χ0v) is 21.7. The minimum absolute atomic E-state index is 0.217. The molecule has 0 nitrogen and oxygen atoms in total. The van der Waals surface area contributed by atoms with Crippen LogP contribution in [0.25, 0.3) is 0 Å². The Hall–Kier alpha value is -2.40. The third kappa shape index (κ3) is 5.40. The van der Waals surface area contributed by atoms with Crippen LogP contribution in [-0.2, 0) is 0 Å². The average molecular weight is 503 g/mol. The molecule has 178 valence electrons. The lowest BCUT2D eigenvalue weighted by molar-refractivity contribution is 0.548. The number of hydrogen-bond donors (Lipinski definition) is 0. The summed E-state index contributed by atoms with van der Waals surface area (Å²) in [6.45, 7) is 2.38. The lowest BCUT2D eigenvalue weighted by Crippen LogP contribution is -2.33. The third-order valence-corrected chi connectivity index (χ3v) is 13.1. The summed E-state index contributed by atoms with van der Waals surface area (Å²) in [7, 11) is -1.27. The molecule has 3 unspecified atom stereocenters. The van der Waals surface area contributed by atoms with Crippen LogP contribution in [0.15, 0.2) is 109 Å². The minimum Gasteiger partial charge on any atom is -0.207 e. The van der Waals surface area contributed by atoms with Crippen molar-refractivity contribution in [3.05, 3.63) is 121 Å². The molecule has 0 aliphatic heterocycles. The molecule has 35 heavy (non-hydrogen) atoms. The fraction of sp³-hybridized carbons (Fsp3) is 0.226. The van der Waals surface area contributed by atoms with Crippen LogP contribution in [0.3, 0.4) is 0 Å². The maximum atomic E-state index is 13.8. The van der Waals surface area contributed by atoms with Crippen molar-refractivity contribution in [2.75, 3.05) is 0 Å². The van der Waals surface area contributed by atoms with Crippen molar-refractivity contribution in [1.29, 1.82) is 0 Å². The van der Waals surface area contributed by atoms with Gasteiger partial charge in [0.1, 0.15) is 11.6 Å². The van der Waals surface area contributed by atoms with Gasteiger partial charge in [-0.2, -0.15) is 0 Å². The summed E-state index contributed by atoms with van der Waals surface area (Å²) in [6, 6.07) is 36.0. The second-order valence-electron chi connectivity index (χ2n) is 9.27. The van der Waals surface area contributed by atoms with Gasteiger partial charge in [-0.15, -0.1) is 0 Å². The Bertz CT molecular complexity index is 1130. The lowest BCUT2D eigenvalue weighted by atomic mass is 10.0. The van der Waals surface area contributed by atoms with Crippen molar-refractivity contribution in [2.24, 2.45) is 5.92 Å². The van der Waals surface area contributed by atoms with Crippen molar-refractivity contribution in [1.82, 2.24) is 0 Å². The van der Waals surface area contributed by atoms with Gasteiger partial charge in [-0.05, 0) is 91.4 Å². The van der Waals surface area contributed by atoms with Gasteiger partial charge < -0.3 is 0 Å². The molecule has 0 bridgehead atoms. The molecule has 1 saturated carbocycles. The van der Waals surface area contributed by atoms with Crippen LogP contribution >= 0.6 is 15.8 Å². The number of rotatable bonds is 7. The summed E-state index contributed by atoms with van der Waals surface area (Å²) in [5.41, 5.74) is 0.974. The Morgan fingerprint density at radius 2 is 1.06 bits per heavy atom. The van der Waals surface area contributed by atoms with Crippen LogP contribution in [0.1, 0.15) is 26.2 Å². The minimum atomic E-state index is -0.760. The average Bonchev–Trinajstić information content (AvgIpc) is 3.37. The van der Waals surface area contributed by atoms with Crippen molar-refractivity contribution in [3.8, 4) is 0 Å². The molecule has 5 rings (SSSR count). The number of benzene rings is 4. The van der Waals surface area contributed by atoms with E-state index in [9.17, 15) is 8.78 Å². The molecule has 0 radical (unpaired) electrons. The van der Waals surface area contributed by atoms with Crippen LogP contribution in [0.2, 0.25) is 0 Å². The zero-order chi connectivity index (χ0) is 24.2. The van der Waals surface area contributed by atoms with E-state index in [0.29, 0.717) is 17.2 Å². The van der Waals surface area contributed by atoms with E-state index in [2.05, 4.69) is 67.6 Å². The molecule has 1 fully saturated rings. The first-order valence-corrected chi connectivity index (χ1v) is 15.1. The highest BCUT2D eigenvalue weighted by atomic mass is 31.1. The largest absolute Gasteiger partial charge is 0.207 e. The fourth-order valence-corrected chi connectivity index (χ4v) is 11.9. The van der Waals surface area contributed by atoms with Gasteiger partial charge in [0.15, 0.2) is 0 Å². The fourth-order valence-electron chi connectivity index (χ4n) is 5.58. The zero-order valence-electron chi connectivity index (χ0n) is 19.9. The van der Waals surface area contributed by atoms with Crippen LogP contribution in [0, 0.1) is 17.6 Å². The number of hydrogen-bond acceptors (Lipinski definition) is 0. The number of halogens is 2. The Morgan fingerprint density at radius 1 is 0.600 bits per heavy atom. The van der Waals surface area contributed by atoms with Gasteiger partial charge in [0.2, 0.25) is 0 Å². The predicted molar refractivity (Wildman–Crippen MR) is 149 cm³/mol. The first-order chi connectivity index (χ1) is 17.1. The summed E-state index contributed by atoms with van der Waals surface area (Å²) in [4.78, 5) is 0. The Balaban J connectivity index is 1.55. The Kier molecular flexibility index (Phi) is 7.72. The van der Waals surface area contributed by atoms with E-state index in [1.807, 2.05) is 24.3 Å². The summed E-state index contributed by atoms with van der Waals surface area (Å²) < 4.78 is 27.6. The lowest BCUT2D eigenvalue weighted by Gasteiger charge is -2.37. The van der Waals surface area contributed by atoms with Gasteiger partial charge in [0, 0.05) is 0 Å². The highest BCUT2D eigenvalue weighted by Crippen LogP contribution is 2.56. The molecule has 1 aliphatic rings. The third-order valence-electron chi connectivity index (χ3n) is 7.17. The quantitative estimate of drug-likeness (QED) is 0.237. The van der Waals surface area contributed by atoms with E-state index >= 15 is 0 Å². The molecule has 1 aliphatic carbocycles.